The lowest BCUT2D eigenvalue weighted by Crippen LogP contribution is -2.49. The molecule has 2 aliphatic rings. The number of benzene rings is 1. The van der Waals surface area contributed by atoms with E-state index in [4.69, 9.17) is 9.72 Å². The quantitative estimate of drug-likeness (QED) is 0.566. The third-order valence-corrected chi connectivity index (χ3v) is 6.86. The first kappa shape index (κ1) is 24.6. The Morgan fingerprint density at radius 3 is 2.69 bits per heavy atom. The first-order valence-corrected chi connectivity index (χ1v) is 12.0. The Bertz CT molecular complexity index is 1130. The lowest BCUT2D eigenvalue weighted by Gasteiger charge is -2.37. The fraction of sp³-hybridized carbons (Fsp3) is 0.462. The van der Waals surface area contributed by atoms with Gasteiger partial charge < -0.3 is 19.4 Å². The van der Waals surface area contributed by atoms with Crippen LogP contribution in [0.1, 0.15) is 40.5 Å². The van der Waals surface area contributed by atoms with Crippen LogP contribution in [0.3, 0.4) is 0 Å². The zero-order valence-corrected chi connectivity index (χ0v) is 20.6. The number of hydrogen-bond acceptors (Lipinski definition) is 6. The summed E-state index contributed by atoms with van der Waals surface area (Å²) in [4.78, 5) is 39.8. The molecule has 186 valence electrons. The number of anilines is 1. The maximum Gasteiger partial charge on any atom is 0.318 e. The van der Waals surface area contributed by atoms with Crippen molar-refractivity contribution in [2.75, 3.05) is 44.7 Å². The van der Waals surface area contributed by atoms with Crippen LogP contribution in [-0.4, -0.2) is 77.5 Å². The van der Waals surface area contributed by atoms with E-state index in [2.05, 4.69) is 16.5 Å². The molecule has 1 fully saturated rings. The van der Waals surface area contributed by atoms with Crippen molar-refractivity contribution in [1.29, 1.82) is 0 Å². The lowest BCUT2D eigenvalue weighted by atomic mass is 9.90. The van der Waals surface area contributed by atoms with E-state index in [9.17, 15) is 14.0 Å². The van der Waals surface area contributed by atoms with Crippen molar-refractivity contribution in [1.82, 2.24) is 19.8 Å². The molecule has 4 rings (SSSR count). The van der Waals surface area contributed by atoms with Gasteiger partial charge in [-0.15, -0.1) is 0 Å². The molecule has 1 aromatic heterocycles. The van der Waals surface area contributed by atoms with Gasteiger partial charge in [-0.05, 0) is 56.9 Å². The summed E-state index contributed by atoms with van der Waals surface area (Å²) in [5.74, 6) is 0.201. The number of carbonyl (C=O) groups is 2. The fourth-order valence-electron chi connectivity index (χ4n) is 4.85. The fourth-order valence-corrected chi connectivity index (χ4v) is 4.85. The highest BCUT2D eigenvalue weighted by atomic mass is 19.1. The number of aryl methyl sites for hydroxylation is 1. The van der Waals surface area contributed by atoms with Crippen molar-refractivity contribution in [3.8, 4) is 6.01 Å². The highest BCUT2D eigenvalue weighted by Crippen LogP contribution is 2.30. The SMILES string of the molecule is C=CC(=O)N1CCN(c2nc(OCC)nc(C)c2CC[C@@H]2Cc3ccc(F)cc3C(=O)N2C)CC1. The maximum absolute atomic E-state index is 13.7. The first-order chi connectivity index (χ1) is 16.8. The van der Waals surface area contributed by atoms with E-state index in [0.717, 1.165) is 29.1 Å². The average molecular weight is 482 g/mol. The third kappa shape index (κ3) is 5.13. The standard InChI is InChI=1S/C26H32FN5O3/c1-5-23(33)31-11-13-32(14-12-31)24-21(17(3)28-26(29-24)35-6-2)10-9-20-15-18-7-8-19(27)16-22(18)25(34)30(20)4/h5,7-8,16,20H,1,6,9-15H2,2-4H3/t20-/m1/s1. The van der Waals surface area contributed by atoms with Gasteiger partial charge in [0.15, 0.2) is 0 Å². The number of fused-ring (bicyclic) bond motifs is 1. The zero-order valence-electron chi connectivity index (χ0n) is 20.6. The number of nitrogens with zero attached hydrogens (tertiary/aromatic N) is 5. The summed E-state index contributed by atoms with van der Waals surface area (Å²) in [6.07, 6.45) is 3.42. The number of rotatable bonds is 7. The van der Waals surface area contributed by atoms with Gasteiger partial charge in [0.05, 0.1) is 6.61 Å². The smallest absolute Gasteiger partial charge is 0.318 e. The van der Waals surface area contributed by atoms with E-state index in [1.807, 2.05) is 13.8 Å². The molecule has 2 aliphatic heterocycles. The minimum absolute atomic E-state index is 0.0126. The molecule has 35 heavy (non-hydrogen) atoms. The van der Waals surface area contributed by atoms with Crippen molar-refractivity contribution < 1.29 is 18.7 Å². The zero-order chi connectivity index (χ0) is 25.1. The van der Waals surface area contributed by atoms with Crippen LogP contribution in [0.5, 0.6) is 6.01 Å². The summed E-state index contributed by atoms with van der Waals surface area (Å²) in [7, 11) is 1.78. The van der Waals surface area contributed by atoms with Crippen LogP contribution in [-0.2, 0) is 17.6 Å². The van der Waals surface area contributed by atoms with Crippen LogP contribution in [0.2, 0.25) is 0 Å². The van der Waals surface area contributed by atoms with E-state index in [-0.39, 0.29) is 17.9 Å². The summed E-state index contributed by atoms with van der Waals surface area (Å²) < 4.78 is 19.3. The Morgan fingerprint density at radius 1 is 1.26 bits per heavy atom. The van der Waals surface area contributed by atoms with Gasteiger partial charge in [0.25, 0.3) is 5.91 Å². The summed E-state index contributed by atoms with van der Waals surface area (Å²) >= 11 is 0. The second-order valence-electron chi connectivity index (χ2n) is 8.96. The molecule has 1 saturated heterocycles. The van der Waals surface area contributed by atoms with Crippen LogP contribution in [0, 0.1) is 12.7 Å². The van der Waals surface area contributed by atoms with Crippen LogP contribution in [0.4, 0.5) is 10.2 Å². The number of amides is 2. The Morgan fingerprint density at radius 2 is 2.00 bits per heavy atom. The number of hydrogen-bond donors (Lipinski definition) is 0. The van der Waals surface area contributed by atoms with E-state index < -0.39 is 5.82 Å². The molecule has 0 unspecified atom stereocenters. The molecule has 0 saturated carbocycles. The first-order valence-electron chi connectivity index (χ1n) is 12.0. The van der Waals surface area contributed by atoms with Crippen molar-refractivity contribution in [2.24, 2.45) is 0 Å². The van der Waals surface area contributed by atoms with Gasteiger partial charge >= 0.3 is 6.01 Å². The predicted octanol–water partition coefficient (Wildman–Crippen LogP) is 2.79. The van der Waals surface area contributed by atoms with E-state index in [1.54, 1.807) is 22.9 Å². The van der Waals surface area contributed by atoms with Crippen LogP contribution in [0.15, 0.2) is 30.9 Å². The molecule has 3 heterocycles. The number of piperazine rings is 1. The molecule has 1 atom stereocenters. The normalized spacial score (nSPS) is 17.9. The topological polar surface area (TPSA) is 78.9 Å². The molecule has 0 bridgehead atoms. The number of likely N-dealkylation sites (N-methyl/N-ethyl adjacent to an activating group) is 1. The van der Waals surface area contributed by atoms with Gasteiger partial charge in [0, 0.05) is 56.1 Å². The average Bonchev–Trinajstić information content (AvgIpc) is 2.86. The second kappa shape index (κ2) is 10.4. The number of ether oxygens (including phenoxy) is 1. The molecule has 9 heteroatoms. The molecule has 1 aromatic carbocycles. The van der Waals surface area contributed by atoms with Gasteiger partial charge in [0.2, 0.25) is 5.91 Å². The Labute approximate surface area is 205 Å². The highest BCUT2D eigenvalue weighted by Gasteiger charge is 2.31. The number of carbonyl (C=O) groups excluding carboxylic acids is 2. The minimum Gasteiger partial charge on any atom is -0.464 e. The number of halogens is 1. The molecular weight excluding hydrogens is 449 g/mol. The molecule has 0 aliphatic carbocycles. The maximum atomic E-state index is 13.7. The summed E-state index contributed by atoms with van der Waals surface area (Å²) in [6, 6.07) is 4.77. The van der Waals surface area contributed by atoms with Gasteiger partial charge in [-0.1, -0.05) is 12.6 Å². The molecule has 0 radical (unpaired) electrons. The van der Waals surface area contributed by atoms with Crippen molar-refractivity contribution in [3.05, 3.63) is 59.1 Å². The van der Waals surface area contributed by atoms with Gasteiger partial charge in [0.1, 0.15) is 11.6 Å². The Balaban J connectivity index is 1.55. The third-order valence-electron chi connectivity index (χ3n) is 6.86. The monoisotopic (exact) mass is 481 g/mol. The Kier molecular flexibility index (Phi) is 7.33. The van der Waals surface area contributed by atoms with E-state index >= 15 is 0 Å². The van der Waals surface area contributed by atoms with Crippen molar-refractivity contribution >= 4 is 17.6 Å². The molecule has 2 aromatic rings. The van der Waals surface area contributed by atoms with Gasteiger partial charge in [-0.25, -0.2) is 9.37 Å². The van der Waals surface area contributed by atoms with Gasteiger partial charge in [-0.3, -0.25) is 9.59 Å². The van der Waals surface area contributed by atoms with Crippen LogP contribution < -0.4 is 9.64 Å². The van der Waals surface area contributed by atoms with Crippen LogP contribution in [0.25, 0.3) is 0 Å². The van der Waals surface area contributed by atoms with Gasteiger partial charge in [-0.2, -0.15) is 4.98 Å². The van der Waals surface area contributed by atoms with E-state index in [0.29, 0.717) is 57.2 Å². The minimum atomic E-state index is -0.398. The predicted molar refractivity (Wildman–Crippen MR) is 131 cm³/mol. The lowest BCUT2D eigenvalue weighted by molar-refractivity contribution is -0.126. The molecule has 0 spiro atoms. The molecule has 2 amide bonds. The van der Waals surface area contributed by atoms with Crippen LogP contribution >= 0.6 is 0 Å². The molecular formula is C26H32FN5O3. The molecule has 0 N–H and O–H groups in total. The number of aromatic nitrogens is 2. The Hall–Kier alpha value is -3.49. The molecule has 8 nitrogen and oxygen atoms in total. The summed E-state index contributed by atoms with van der Waals surface area (Å²) in [6.45, 7) is 10.4. The summed E-state index contributed by atoms with van der Waals surface area (Å²) in [5, 5.41) is 0. The van der Waals surface area contributed by atoms with E-state index in [1.165, 1.54) is 18.2 Å². The van der Waals surface area contributed by atoms with Crippen molar-refractivity contribution in [3.63, 3.8) is 0 Å². The largest absolute Gasteiger partial charge is 0.464 e. The highest BCUT2D eigenvalue weighted by molar-refractivity contribution is 5.96. The summed E-state index contributed by atoms with van der Waals surface area (Å²) in [5.41, 5.74) is 3.18. The van der Waals surface area contributed by atoms with Crippen molar-refractivity contribution in [2.45, 2.75) is 39.2 Å². The second-order valence-corrected chi connectivity index (χ2v) is 8.96.